The number of unbranched alkanes of at least 4 members (excludes halogenated alkanes) is 5. The normalized spacial score (nSPS) is 24.4. The molecule has 22 heteroatoms. The summed E-state index contributed by atoms with van der Waals surface area (Å²) >= 11 is 0. The van der Waals surface area contributed by atoms with Crippen LogP contribution in [-0.2, 0) is 27.8 Å². The number of nitro groups is 1. The van der Waals surface area contributed by atoms with E-state index in [1.54, 1.807) is 6.07 Å². The number of aliphatic hydroxyl groups is 6. The minimum absolute atomic E-state index is 0.0146. The zero-order valence-corrected chi connectivity index (χ0v) is 27.5. The first kappa shape index (κ1) is 40.5. The number of rotatable bonds is 23. The van der Waals surface area contributed by atoms with Gasteiger partial charge in [0.1, 0.15) is 42.7 Å². The van der Waals surface area contributed by atoms with Gasteiger partial charge in [-0.2, -0.15) is 0 Å². The van der Waals surface area contributed by atoms with Crippen LogP contribution in [0.15, 0.2) is 16.8 Å². The van der Waals surface area contributed by atoms with E-state index < -0.39 is 68.7 Å². The number of phosphoric ester groups is 1. The topological polar surface area (TPSA) is 325 Å². The van der Waals surface area contributed by atoms with Crippen LogP contribution in [0, 0.1) is 10.1 Å². The maximum atomic E-state index is 12.8. The van der Waals surface area contributed by atoms with Crippen molar-refractivity contribution >= 4 is 36.1 Å². The van der Waals surface area contributed by atoms with Gasteiger partial charge in [0, 0.05) is 32.2 Å². The van der Waals surface area contributed by atoms with Crippen LogP contribution >= 0.6 is 7.82 Å². The van der Waals surface area contributed by atoms with Crippen molar-refractivity contribution in [3.8, 4) is 0 Å². The molecule has 1 unspecified atom stereocenters. The van der Waals surface area contributed by atoms with E-state index in [0.29, 0.717) is 50.9 Å². The van der Waals surface area contributed by atoms with Gasteiger partial charge in [-0.15, -0.1) is 0 Å². The highest BCUT2D eigenvalue weighted by molar-refractivity contribution is 7.48. The third-order valence-electron chi connectivity index (χ3n) is 7.75. The molecule has 1 fully saturated rings. The van der Waals surface area contributed by atoms with Crippen molar-refractivity contribution in [2.45, 2.75) is 94.1 Å². The molecule has 49 heavy (non-hydrogen) atoms. The van der Waals surface area contributed by atoms with Gasteiger partial charge < -0.3 is 46.0 Å². The summed E-state index contributed by atoms with van der Waals surface area (Å²) in [7, 11) is -4.68. The van der Waals surface area contributed by atoms with E-state index in [2.05, 4.69) is 30.2 Å². The summed E-state index contributed by atoms with van der Waals surface area (Å²) in [6, 6.07) is 2.88. The minimum atomic E-state index is -4.68. The average molecular weight is 725 g/mol. The zero-order chi connectivity index (χ0) is 36.0. The first-order valence-electron chi connectivity index (χ1n) is 15.8. The van der Waals surface area contributed by atoms with Gasteiger partial charge >= 0.3 is 13.5 Å². The number of nitro benzene ring substituents is 1. The van der Waals surface area contributed by atoms with Crippen molar-refractivity contribution in [3.05, 3.63) is 22.2 Å². The van der Waals surface area contributed by atoms with E-state index in [9.17, 15) is 45.0 Å². The molecule has 0 saturated heterocycles. The average Bonchev–Trinajstić information content (AvgIpc) is 3.59. The Morgan fingerprint density at radius 2 is 1.63 bits per heavy atom. The van der Waals surface area contributed by atoms with Crippen molar-refractivity contribution in [3.63, 3.8) is 0 Å². The number of phosphoric acid groups is 1. The van der Waals surface area contributed by atoms with Crippen LogP contribution in [-0.4, -0.2) is 127 Å². The van der Waals surface area contributed by atoms with Crippen LogP contribution in [0.4, 0.5) is 11.4 Å². The molecule has 2 aromatic rings. The molecule has 278 valence electrons. The molecule has 0 radical (unpaired) electrons. The van der Waals surface area contributed by atoms with Gasteiger partial charge in [0.25, 0.3) is 0 Å². The molecule has 10 N–H and O–H groups in total. The minimum Gasteiger partial charge on any atom is -0.394 e. The number of benzene rings is 1. The number of hydrogen-bond acceptors (Lipinski definition) is 19. The maximum Gasteiger partial charge on any atom is 0.491 e. The highest BCUT2D eigenvalue weighted by atomic mass is 31.2. The number of nitrogens with one attached hydrogen (secondary N) is 2. The fourth-order valence-corrected chi connectivity index (χ4v) is 6.10. The van der Waals surface area contributed by atoms with E-state index >= 15 is 0 Å². The molecule has 0 aliphatic heterocycles. The summed E-state index contributed by atoms with van der Waals surface area (Å²) in [5.41, 5.74) is 0.726. The Hall–Kier alpha value is -2.92. The lowest BCUT2D eigenvalue weighted by Gasteiger charge is -2.43. The second kappa shape index (κ2) is 20.1. The fourth-order valence-electron chi connectivity index (χ4n) is 5.03. The van der Waals surface area contributed by atoms with Crippen LogP contribution in [0.1, 0.15) is 51.4 Å². The Morgan fingerprint density at radius 1 is 0.980 bits per heavy atom. The number of carbonyl (C=O) groups excluding carboxylic acids is 1. The Balaban J connectivity index is 1.29. The number of ether oxygens (including phenoxy) is 1. The van der Waals surface area contributed by atoms with Gasteiger partial charge in [0.2, 0.25) is 11.4 Å². The first-order chi connectivity index (χ1) is 23.4. The number of fused-ring (bicyclic) bond motifs is 1. The van der Waals surface area contributed by atoms with Crippen LogP contribution in [0.25, 0.3) is 11.0 Å². The zero-order valence-electron chi connectivity index (χ0n) is 26.6. The first-order valence-corrected chi connectivity index (χ1v) is 17.2. The summed E-state index contributed by atoms with van der Waals surface area (Å²) in [4.78, 5) is 22.7. The van der Waals surface area contributed by atoms with Crippen molar-refractivity contribution < 1.29 is 68.0 Å². The number of anilines is 1. The SMILES string of the molecule is NOP(=O)(OC[C@H](O)CO)O[C@H]1[C@H](O)[C@@H](O)[C@H](O)[C@@H](O)[C@H]1OCCCCCCNC(=O)CCCCCNc1ccc([N+](=O)[O-])c2nonc12. The smallest absolute Gasteiger partial charge is 0.394 e. The van der Waals surface area contributed by atoms with Crippen molar-refractivity contribution in [1.29, 1.82) is 0 Å². The maximum absolute atomic E-state index is 12.8. The monoisotopic (exact) mass is 724 g/mol. The van der Waals surface area contributed by atoms with Gasteiger partial charge in [-0.25, -0.2) is 19.7 Å². The summed E-state index contributed by atoms with van der Waals surface area (Å²) in [5.74, 6) is 4.94. The molecule has 0 spiro atoms. The molecule has 1 heterocycles. The van der Waals surface area contributed by atoms with Gasteiger partial charge in [0.05, 0.1) is 23.8 Å². The molecule has 1 saturated carbocycles. The van der Waals surface area contributed by atoms with E-state index in [1.807, 2.05) is 0 Å². The van der Waals surface area contributed by atoms with E-state index in [4.69, 9.17) is 24.8 Å². The molecule has 1 aliphatic carbocycles. The van der Waals surface area contributed by atoms with Crippen LogP contribution in [0.5, 0.6) is 0 Å². The number of nitrogens with two attached hydrogens (primary N) is 1. The largest absolute Gasteiger partial charge is 0.491 e. The highest BCUT2D eigenvalue weighted by Gasteiger charge is 2.53. The lowest BCUT2D eigenvalue weighted by atomic mass is 9.85. The molecule has 1 amide bonds. The predicted molar refractivity (Wildman–Crippen MR) is 167 cm³/mol. The number of amides is 1. The van der Waals surface area contributed by atoms with E-state index in [1.165, 1.54) is 6.07 Å². The third-order valence-corrected chi connectivity index (χ3v) is 8.98. The molecule has 21 nitrogen and oxygen atoms in total. The number of aromatic nitrogens is 2. The Labute approximate surface area is 280 Å². The lowest BCUT2D eigenvalue weighted by molar-refractivity contribution is -0.383. The van der Waals surface area contributed by atoms with Gasteiger partial charge in [-0.05, 0) is 42.1 Å². The Kier molecular flexibility index (Phi) is 16.6. The van der Waals surface area contributed by atoms with Crippen molar-refractivity contribution in [2.75, 3.05) is 38.2 Å². The van der Waals surface area contributed by atoms with Gasteiger partial charge in [-0.3, -0.25) is 24.0 Å². The van der Waals surface area contributed by atoms with Crippen LogP contribution < -0.4 is 16.5 Å². The molecule has 0 bridgehead atoms. The molecular weight excluding hydrogens is 679 g/mol. The summed E-state index contributed by atoms with van der Waals surface area (Å²) in [6.07, 6.45) is -6.94. The summed E-state index contributed by atoms with van der Waals surface area (Å²) < 4.78 is 37.3. The molecular formula is C27H45N6O15P. The number of nitrogens with zero attached hydrogens (tertiary/aromatic N) is 3. The molecule has 3 rings (SSSR count). The fraction of sp³-hybridized carbons (Fsp3) is 0.741. The van der Waals surface area contributed by atoms with E-state index in [-0.39, 0.29) is 29.2 Å². The standard InChI is InChI=1S/C27H45N6O15P/c28-47-49(43,45-15-16(35)14-34)46-27-25(40)23(38)22(37)24(39)26(27)44-13-7-2-1-5-12-30-19(36)8-4-3-6-11-29-17-9-10-18(33(41)42)21-20(17)31-48-32-21/h9-10,16,22-27,29,34-35,37-40H,1-8,11-15,28H2,(H,30,36)/t16-,22+,23+,24-,25-,26-,27+,49?/m1/s1. The number of carbonyl (C=O) groups is 1. The predicted octanol–water partition coefficient (Wildman–Crippen LogP) is -0.624. The molecule has 1 aromatic carbocycles. The highest BCUT2D eigenvalue weighted by Crippen LogP contribution is 2.51. The molecule has 8 atom stereocenters. The Morgan fingerprint density at radius 3 is 2.33 bits per heavy atom. The summed E-state index contributed by atoms with van der Waals surface area (Å²) in [6.45, 7) is -0.404. The number of aliphatic hydroxyl groups excluding tert-OH is 6. The van der Waals surface area contributed by atoms with E-state index in [0.717, 1.165) is 19.3 Å². The second-order valence-electron chi connectivity index (χ2n) is 11.4. The van der Waals surface area contributed by atoms with Crippen molar-refractivity contribution in [1.82, 2.24) is 15.6 Å². The van der Waals surface area contributed by atoms with Crippen LogP contribution in [0.3, 0.4) is 0 Å². The number of hydrogen-bond donors (Lipinski definition) is 9. The quantitative estimate of drug-likeness (QED) is 0.0298. The Bertz CT molecular complexity index is 1370. The second-order valence-corrected chi connectivity index (χ2v) is 13.0. The number of non-ortho nitro benzene ring substituents is 1. The molecule has 1 aliphatic rings. The lowest BCUT2D eigenvalue weighted by Crippen LogP contribution is -2.64. The molecule has 1 aromatic heterocycles. The summed E-state index contributed by atoms with van der Waals surface area (Å²) in [5, 5.41) is 84.0. The van der Waals surface area contributed by atoms with Crippen LogP contribution in [0.2, 0.25) is 0 Å². The third kappa shape index (κ3) is 11.8. The van der Waals surface area contributed by atoms with Crippen molar-refractivity contribution in [2.24, 2.45) is 5.90 Å². The van der Waals surface area contributed by atoms with Gasteiger partial charge in [0.15, 0.2) is 5.52 Å². The van der Waals surface area contributed by atoms with Gasteiger partial charge in [-0.1, -0.05) is 19.3 Å².